The van der Waals surface area contributed by atoms with Crippen LogP contribution in [0.2, 0.25) is 0 Å². The fourth-order valence-electron chi connectivity index (χ4n) is 4.23. The van der Waals surface area contributed by atoms with E-state index in [2.05, 4.69) is 10.4 Å². The first-order chi connectivity index (χ1) is 14.7. The van der Waals surface area contributed by atoms with Crippen molar-refractivity contribution in [3.63, 3.8) is 0 Å². The van der Waals surface area contributed by atoms with Crippen molar-refractivity contribution in [2.45, 2.75) is 44.4 Å². The Labute approximate surface area is 173 Å². The third kappa shape index (κ3) is 3.40. The van der Waals surface area contributed by atoms with Crippen LogP contribution in [-0.4, -0.2) is 28.4 Å². The zero-order chi connectivity index (χ0) is 20.5. The average Bonchev–Trinajstić information content (AvgIpc) is 3.33. The van der Waals surface area contributed by atoms with Gasteiger partial charge in [-0.05, 0) is 31.0 Å². The van der Waals surface area contributed by atoms with Gasteiger partial charge in [-0.15, -0.1) is 0 Å². The van der Waals surface area contributed by atoms with Gasteiger partial charge in [-0.1, -0.05) is 43.2 Å². The number of benzene rings is 2. The highest BCUT2D eigenvalue weighted by Gasteiger charge is 2.27. The molecule has 7 nitrogen and oxygen atoms in total. The molecule has 7 heteroatoms. The Kier molecular flexibility index (Phi) is 4.86. The van der Waals surface area contributed by atoms with Gasteiger partial charge in [0.05, 0.1) is 23.7 Å². The number of nitrogens with one attached hydrogen (secondary N) is 1. The van der Waals surface area contributed by atoms with E-state index in [0.717, 1.165) is 31.1 Å². The summed E-state index contributed by atoms with van der Waals surface area (Å²) in [5.41, 5.74) is 0.621. The SMILES string of the molecule is O=C(NCc1nn(C2CCCC2)c(=O)c2ccccc12)C1COc2ccccc2O1. The zero-order valence-electron chi connectivity index (χ0n) is 16.5. The van der Waals surface area contributed by atoms with Gasteiger partial charge in [0.25, 0.3) is 11.5 Å². The molecule has 1 saturated carbocycles. The molecule has 1 aliphatic heterocycles. The Morgan fingerprint density at radius 1 is 1.03 bits per heavy atom. The van der Waals surface area contributed by atoms with E-state index in [0.29, 0.717) is 22.6 Å². The number of carbonyl (C=O) groups is 1. The highest BCUT2D eigenvalue weighted by atomic mass is 16.6. The van der Waals surface area contributed by atoms with E-state index in [9.17, 15) is 9.59 Å². The van der Waals surface area contributed by atoms with E-state index in [1.165, 1.54) is 0 Å². The normalized spacial score (nSPS) is 18.5. The number of nitrogens with zero attached hydrogens (tertiary/aromatic N) is 2. The second kappa shape index (κ2) is 7.82. The Morgan fingerprint density at radius 3 is 2.53 bits per heavy atom. The summed E-state index contributed by atoms with van der Waals surface area (Å²) in [6.07, 6.45) is 3.41. The molecule has 0 saturated heterocycles. The summed E-state index contributed by atoms with van der Waals surface area (Å²) in [6, 6.07) is 14.9. The largest absolute Gasteiger partial charge is 0.485 e. The molecule has 3 aromatic rings. The number of amides is 1. The molecule has 1 fully saturated rings. The molecule has 1 atom stereocenters. The van der Waals surface area contributed by atoms with Gasteiger partial charge in [-0.3, -0.25) is 9.59 Å². The third-order valence-corrected chi connectivity index (χ3v) is 5.81. The quantitative estimate of drug-likeness (QED) is 0.722. The van der Waals surface area contributed by atoms with E-state index >= 15 is 0 Å². The van der Waals surface area contributed by atoms with Gasteiger partial charge in [0.15, 0.2) is 11.5 Å². The summed E-state index contributed by atoms with van der Waals surface area (Å²) >= 11 is 0. The zero-order valence-corrected chi connectivity index (χ0v) is 16.5. The molecule has 0 bridgehead atoms. The Morgan fingerprint density at radius 2 is 1.73 bits per heavy atom. The van der Waals surface area contributed by atoms with Crippen LogP contribution in [0.4, 0.5) is 0 Å². The molecule has 1 amide bonds. The maximum Gasteiger partial charge on any atom is 0.274 e. The molecule has 2 aromatic carbocycles. The second-order valence-electron chi connectivity index (χ2n) is 7.76. The maximum absolute atomic E-state index is 12.9. The van der Waals surface area contributed by atoms with Crippen LogP contribution < -0.4 is 20.3 Å². The highest BCUT2D eigenvalue weighted by Crippen LogP contribution is 2.31. The van der Waals surface area contributed by atoms with Crippen LogP contribution in [0.3, 0.4) is 0 Å². The summed E-state index contributed by atoms with van der Waals surface area (Å²) in [5, 5.41) is 8.96. The van der Waals surface area contributed by atoms with Gasteiger partial charge in [0.2, 0.25) is 6.10 Å². The van der Waals surface area contributed by atoms with Gasteiger partial charge < -0.3 is 14.8 Å². The van der Waals surface area contributed by atoms with E-state index in [-0.39, 0.29) is 30.7 Å². The van der Waals surface area contributed by atoms with Crippen LogP contribution in [-0.2, 0) is 11.3 Å². The molecule has 2 aliphatic rings. The molecule has 1 unspecified atom stereocenters. The van der Waals surface area contributed by atoms with E-state index < -0.39 is 6.10 Å². The van der Waals surface area contributed by atoms with Gasteiger partial charge in [-0.2, -0.15) is 5.10 Å². The number of ether oxygens (including phenoxy) is 2. The first-order valence-electron chi connectivity index (χ1n) is 10.4. The van der Waals surface area contributed by atoms with Crippen LogP contribution >= 0.6 is 0 Å². The van der Waals surface area contributed by atoms with Crippen molar-refractivity contribution < 1.29 is 14.3 Å². The molecule has 2 heterocycles. The molecule has 1 N–H and O–H groups in total. The number of carbonyl (C=O) groups excluding carboxylic acids is 1. The van der Waals surface area contributed by atoms with Crippen molar-refractivity contribution in [3.8, 4) is 11.5 Å². The number of hydrogen-bond acceptors (Lipinski definition) is 5. The molecule has 1 aromatic heterocycles. The fraction of sp³-hybridized carbons (Fsp3) is 0.348. The minimum Gasteiger partial charge on any atom is -0.485 e. The third-order valence-electron chi connectivity index (χ3n) is 5.81. The molecular formula is C23H23N3O4. The van der Waals surface area contributed by atoms with Crippen LogP contribution in [0.1, 0.15) is 37.4 Å². The number of aromatic nitrogens is 2. The summed E-state index contributed by atoms with van der Waals surface area (Å²) in [7, 11) is 0. The number of para-hydroxylation sites is 2. The van der Waals surface area contributed by atoms with E-state index in [4.69, 9.17) is 9.47 Å². The molecule has 30 heavy (non-hydrogen) atoms. The van der Waals surface area contributed by atoms with Crippen molar-refractivity contribution in [1.29, 1.82) is 0 Å². The lowest BCUT2D eigenvalue weighted by atomic mass is 10.1. The Hall–Kier alpha value is -3.35. The summed E-state index contributed by atoms with van der Waals surface area (Å²) in [4.78, 5) is 25.7. The van der Waals surface area contributed by atoms with Crippen molar-refractivity contribution in [3.05, 3.63) is 64.6 Å². The lowest BCUT2D eigenvalue weighted by molar-refractivity contribution is -0.130. The smallest absolute Gasteiger partial charge is 0.274 e. The number of hydrogen-bond donors (Lipinski definition) is 1. The van der Waals surface area contributed by atoms with Crippen molar-refractivity contribution >= 4 is 16.7 Å². The van der Waals surface area contributed by atoms with Crippen molar-refractivity contribution in [2.75, 3.05) is 6.61 Å². The maximum atomic E-state index is 12.9. The van der Waals surface area contributed by atoms with Crippen LogP contribution in [0.5, 0.6) is 11.5 Å². The first-order valence-corrected chi connectivity index (χ1v) is 10.4. The van der Waals surface area contributed by atoms with Gasteiger partial charge >= 0.3 is 0 Å². The van der Waals surface area contributed by atoms with Crippen LogP contribution in [0.25, 0.3) is 10.8 Å². The lowest BCUT2D eigenvalue weighted by Crippen LogP contribution is -2.44. The van der Waals surface area contributed by atoms with E-state index in [1.807, 2.05) is 42.5 Å². The van der Waals surface area contributed by atoms with Crippen molar-refractivity contribution in [1.82, 2.24) is 15.1 Å². The predicted octanol–water partition coefficient (Wildman–Crippen LogP) is 2.97. The predicted molar refractivity (Wildman–Crippen MR) is 112 cm³/mol. The Balaban J connectivity index is 1.38. The minimum atomic E-state index is -0.730. The minimum absolute atomic E-state index is 0.0619. The van der Waals surface area contributed by atoms with Gasteiger partial charge in [0, 0.05) is 5.39 Å². The first kappa shape index (κ1) is 18.7. The number of fused-ring (bicyclic) bond motifs is 2. The van der Waals surface area contributed by atoms with E-state index in [1.54, 1.807) is 10.7 Å². The summed E-state index contributed by atoms with van der Waals surface area (Å²) in [5.74, 6) is 0.925. The standard InChI is InChI=1S/C23H23N3O4/c27-22(21-14-29-19-11-5-6-12-20(19)30-21)24-13-18-16-9-3-4-10-17(16)23(28)26(25-18)15-7-1-2-8-15/h3-6,9-12,15,21H,1-2,7-8,13-14H2,(H,24,27). The van der Waals surface area contributed by atoms with Gasteiger partial charge in [-0.25, -0.2) is 4.68 Å². The second-order valence-corrected chi connectivity index (χ2v) is 7.76. The molecule has 5 rings (SSSR count). The topological polar surface area (TPSA) is 82.5 Å². The summed E-state index contributed by atoms with van der Waals surface area (Å²) in [6.45, 7) is 0.368. The van der Waals surface area contributed by atoms with Crippen LogP contribution in [0.15, 0.2) is 53.3 Å². The average molecular weight is 405 g/mol. The molecule has 0 spiro atoms. The Bertz CT molecular complexity index is 1150. The molecular weight excluding hydrogens is 382 g/mol. The molecule has 1 aliphatic carbocycles. The summed E-state index contributed by atoms with van der Waals surface area (Å²) < 4.78 is 13.0. The fourth-order valence-corrected chi connectivity index (χ4v) is 4.23. The highest BCUT2D eigenvalue weighted by molar-refractivity contribution is 5.85. The monoisotopic (exact) mass is 405 g/mol. The van der Waals surface area contributed by atoms with Crippen LogP contribution in [0, 0.1) is 0 Å². The number of rotatable bonds is 4. The van der Waals surface area contributed by atoms with Gasteiger partial charge in [0.1, 0.15) is 6.61 Å². The molecule has 154 valence electrons. The lowest BCUT2D eigenvalue weighted by Gasteiger charge is -2.25. The molecule has 0 radical (unpaired) electrons. The van der Waals surface area contributed by atoms with Crippen molar-refractivity contribution in [2.24, 2.45) is 0 Å².